The number of piperidine rings is 1. The van der Waals surface area contributed by atoms with Gasteiger partial charge in [-0.15, -0.1) is 0 Å². The zero-order valence-electron chi connectivity index (χ0n) is 18.9. The first kappa shape index (κ1) is 23.0. The van der Waals surface area contributed by atoms with Crippen LogP contribution in [0.1, 0.15) is 89.4 Å². The second-order valence-electron chi connectivity index (χ2n) is 10.2. The first-order chi connectivity index (χ1) is 14.2. The second-order valence-corrected chi connectivity index (χ2v) is 10.2. The average Bonchev–Trinajstić information content (AvgIpc) is 2.70. The van der Waals surface area contributed by atoms with Gasteiger partial charge in [0.2, 0.25) is 0 Å². The summed E-state index contributed by atoms with van der Waals surface area (Å²) in [5.74, 6) is 0.286. The molecule has 2 fully saturated rings. The summed E-state index contributed by atoms with van der Waals surface area (Å²) >= 11 is 0. The highest BCUT2D eigenvalue weighted by atomic mass is 16.7. The van der Waals surface area contributed by atoms with Crippen LogP contribution < -0.4 is 0 Å². The van der Waals surface area contributed by atoms with Crippen molar-refractivity contribution >= 4 is 12.3 Å². The summed E-state index contributed by atoms with van der Waals surface area (Å²) in [5.41, 5.74) is -0.158. The highest BCUT2D eigenvalue weighted by Gasteiger charge is 2.48. The van der Waals surface area contributed by atoms with Crippen molar-refractivity contribution in [2.75, 3.05) is 0 Å². The van der Waals surface area contributed by atoms with Crippen LogP contribution in [0.3, 0.4) is 0 Å². The summed E-state index contributed by atoms with van der Waals surface area (Å²) in [5, 5.41) is 1.99. The number of rotatable bonds is 7. The summed E-state index contributed by atoms with van der Waals surface area (Å²) in [7, 11) is 0. The van der Waals surface area contributed by atoms with Gasteiger partial charge >= 0.3 is 5.97 Å². The number of benzene rings is 1. The van der Waals surface area contributed by atoms with Crippen LogP contribution in [0.25, 0.3) is 0 Å². The smallest absolute Gasteiger partial charge is 0.338 e. The number of carbonyl (C=O) groups is 2. The summed E-state index contributed by atoms with van der Waals surface area (Å²) in [6.45, 7) is 8.39. The van der Waals surface area contributed by atoms with Crippen molar-refractivity contribution in [3.63, 3.8) is 0 Å². The minimum absolute atomic E-state index is 0.199. The molecule has 2 aliphatic rings. The lowest BCUT2D eigenvalue weighted by molar-refractivity contribution is -0.308. The minimum atomic E-state index is -0.421. The van der Waals surface area contributed by atoms with E-state index in [9.17, 15) is 9.59 Å². The van der Waals surface area contributed by atoms with Crippen LogP contribution in [0.4, 0.5) is 0 Å². The molecule has 1 aromatic carbocycles. The molecule has 0 N–H and O–H groups in total. The lowest BCUT2D eigenvalue weighted by Gasteiger charge is -2.54. The van der Waals surface area contributed by atoms with E-state index in [-0.39, 0.29) is 23.2 Å². The van der Waals surface area contributed by atoms with E-state index < -0.39 is 6.10 Å². The fourth-order valence-corrected chi connectivity index (χ4v) is 5.34. The lowest BCUT2D eigenvalue weighted by atomic mass is 9.80. The Labute approximate surface area is 181 Å². The molecule has 5 heteroatoms. The highest BCUT2D eigenvalue weighted by molar-refractivity contribution is 5.89. The molecule has 5 nitrogen and oxygen atoms in total. The van der Waals surface area contributed by atoms with Gasteiger partial charge in [0.15, 0.2) is 6.29 Å². The first-order valence-electron chi connectivity index (χ1n) is 11.4. The van der Waals surface area contributed by atoms with E-state index in [1.54, 1.807) is 12.1 Å². The second kappa shape index (κ2) is 9.61. The number of aldehydes is 1. The Bertz CT molecular complexity index is 691. The molecular weight excluding hydrogens is 378 g/mol. The maximum Gasteiger partial charge on any atom is 0.338 e. The Balaban J connectivity index is 1.65. The molecule has 1 aliphatic heterocycles. The molecule has 1 aliphatic carbocycles. The summed E-state index contributed by atoms with van der Waals surface area (Å²) in [6, 6.07) is 9.11. The van der Waals surface area contributed by atoms with Gasteiger partial charge in [0.1, 0.15) is 12.2 Å². The Hall–Kier alpha value is -1.72. The third-order valence-corrected chi connectivity index (χ3v) is 6.52. The van der Waals surface area contributed by atoms with E-state index in [0.29, 0.717) is 24.3 Å². The molecule has 1 heterocycles. The molecule has 3 rings (SSSR count). The molecule has 0 aromatic heterocycles. The Morgan fingerprint density at radius 2 is 1.67 bits per heavy atom. The standard InChI is InChI=1S/C25H37NO4/c1-24(2)16-22(29-23(28)20-13-9-6-10-14-20)17-25(3,4)26(24)30-21(18-27)15-19-11-7-5-8-12-19/h6,9-10,13-14,18-19,21-22H,5,7-8,11-12,15-17H2,1-4H3. The van der Waals surface area contributed by atoms with Gasteiger partial charge in [-0.25, -0.2) is 4.79 Å². The van der Waals surface area contributed by atoms with E-state index in [1.165, 1.54) is 32.1 Å². The predicted octanol–water partition coefficient (Wildman–Crippen LogP) is 5.33. The summed E-state index contributed by atoms with van der Waals surface area (Å²) < 4.78 is 5.86. The normalized spacial score (nSPS) is 23.6. The number of hydrogen-bond donors (Lipinski definition) is 0. The number of hydroxylamine groups is 2. The van der Waals surface area contributed by atoms with Crippen molar-refractivity contribution in [3.05, 3.63) is 35.9 Å². The third-order valence-electron chi connectivity index (χ3n) is 6.52. The van der Waals surface area contributed by atoms with Crippen LogP contribution in [0, 0.1) is 5.92 Å². The van der Waals surface area contributed by atoms with Crippen LogP contribution in [0.5, 0.6) is 0 Å². The molecule has 0 amide bonds. The van der Waals surface area contributed by atoms with E-state index >= 15 is 0 Å². The van der Waals surface area contributed by atoms with Crippen molar-refractivity contribution in [1.29, 1.82) is 0 Å². The Morgan fingerprint density at radius 3 is 2.23 bits per heavy atom. The molecule has 0 spiro atoms. The van der Waals surface area contributed by atoms with Crippen LogP contribution >= 0.6 is 0 Å². The molecule has 166 valence electrons. The Morgan fingerprint density at radius 1 is 1.07 bits per heavy atom. The maximum atomic E-state index is 12.5. The molecule has 1 unspecified atom stereocenters. The van der Waals surface area contributed by atoms with Crippen molar-refractivity contribution in [2.24, 2.45) is 5.92 Å². The third kappa shape index (κ3) is 5.70. The average molecular weight is 416 g/mol. The molecule has 1 saturated heterocycles. The van der Waals surface area contributed by atoms with Crippen LogP contribution in [-0.2, 0) is 14.4 Å². The largest absolute Gasteiger partial charge is 0.459 e. The fourth-order valence-electron chi connectivity index (χ4n) is 5.34. The van der Waals surface area contributed by atoms with E-state index in [1.807, 2.05) is 23.3 Å². The number of nitrogens with zero attached hydrogens (tertiary/aromatic N) is 1. The minimum Gasteiger partial charge on any atom is -0.459 e. The van der Waals surface area contributed by atoms with Crippen molar-refractivity contribution in [1.82, 2.24) is 5.06 Å². The van der Waals surface area contributed by atoms with Crippen molar-refractivity contribution in [3.8, 4) is 0 Å². The quantitative estimate of drug-likeness (QED) is 0.445. The van der Waals surface area contributed by atoms with Gasteiger partial charge < -0.3 is 9.53 Å². The lowest BCUT2D eigenvalue weighted by Crippen LogP contribution is -2.63. The van der Waals surface area contributed by atoms with Crippen molar-refractivity contribution in [2.45, 2.75) is 102 Å². The zero-order chi connectivity index (χ0) is 21.8. The molecule has 0 radical (unpaired) electrons. The fraction of sp³-hybridized carbons (Fsp3) is 0.680. The van der Waals surface area contributed by atoms with Gasteiger partial charge in [0.05, 0.1) is 5.56 Å². The van der Waals surface area contributed by atoms with Gasteiger partial charge in [-0.2, -0.15) is 5.06 Å². The molecule has 1 atom stereocenters. The molecule has 1 saturated carbocycles. The van der Waals surface area contributed by atoms with Crippen LogP contribution in [-0.4, -0.2) is 40.6 Å². The monoisotopic (exact) mass is 415 g/mol. The van der Waals surface area contributed by atoms with Gasteiger partial charge in [-0.05, 0) is 52.2 Å². The highest BCUT2D eigenvalue weighted by Crippen LogP contribution is 2.41. The molecule has 30 heavy (non-hydrogen) atoms. The number of esters is 1. The SMILES string of the molecule is CC1(C)CC(OC(=O)c2ccccc2)CC(C)(C)N1OC(C=O)CC1CCCCC1. The van der Waals surface area contributed by atoms with Gasteiger partial charge in [-0.3, -0.25) is 4.84 Å². The predicted molar refractivity (Wildman–Crippen MR) is 117 cm³/mol. The van der Waals surface area contributed by atoms with Gasteiger partial charge in [0, 0.05) is 23.9 Å². The topological polar surface area (TPSA) is 55.8 Å². The van der Waals surface area contributed by atoms with Crippen molar-refractivity contribution < 1.29 is 19.2 Å². The number of ether oxygens (including phenoxy) is 1. The van der Waals surface area contributed by atoms with Crippen LogP contribution in [0.2, 0.25) is 0 Å². The van der Waals surface area contributed by atoms with Gasteiger partial charge in [-0.1, -0.05) is 50.3 Å². The molecule has 1 aromatic rings. The molecule has 0 bridgehead atoms. The first-order valence-corrected chi connectivity index (χ1v) is 11.4. The number of carbonyl (C=O) groups excluding carboxylic acids is 2. The van der Waals surface area contributed by atoms with Crippen LogP contribution in [0.15, 0.2) is 30.3 Å². The van der Waals surface area contributed by atoms with E-state index in [0.717, 1.165) is 12.7 Å². The Kier molecular flexibility index (Phi) is 7.35. The van der Waals surface area contributed by atoms with E-state index in [4.69, 9.17) is 9.57 Å². The van der Waals surface area contributed by atoms with Gasteiger partial charge in [0.25, 0.3) is 0 Å². The van der Waals surface area contributed by atoms with E-state index in [2.05, 4.69) is 27.7 Å². The number of hydrogen-bond acceptors (Lipinski definition) is 5. The summed E-state index contributed by atoms with van der Waals surface area (Å²) in [6.07, 6.45) is 8.64. The molecular formula is C25H37NO4. The summed E-state index contributed by atoms with van der Waals surface area (Å²) in [4.78, 5) is 30.7. The zero-order valence-corrected chi connectivity index (χ0v) is 18.9. The maximum absolute atomic E-state index is 12.5.